The summed E-state index contributed by atoms with van der Waals surface area (Å²) in [5.41, 5.74) is 2.23. The van der Waals surface area contributed by atoms with E-state index in [2.05, 4.69) is 17.3 Å². The van der Waals surface area contributed by atoms with Gasteiger partial charge in [-0.25, -0.2) is 0 Å². The van der Waals surface area contributed by atoms with Crippen molar-refractivity contribution < 1.29 is 14.4 Å². The number of nitrogens with one attached hydrogen (secondary N) is 1. The minimum Gasteiger partial charge on any atom is -0.366 e. The van der Waals surface area contributed by atoms with E-state index in [-0.39, 0.29) is 23.8 Å². The minimum absolute atomic E-state index is 0.156. The molecule has 1 aromatic rings. The van der Waals surface area contributed by atoms with Gasteiger partial charge in [-0.2, -0.15) is 0 Å². The van der Waals surface area contributed by atoms with Crippen LogP contribution in [0, 0.1) is 0 Å². The molecule has 3 rings (SSSR count). The number of imide groups is 1. The standard InChI is InChI=1S/C20H26N4O3/c1-13(25)21-15-7-5-14(6-8-15)17-18(20(27)24(4)19(17)26)23(3)16-9-11-22(2)12-10-16/h5-8,16H,9-12H2,1-4H3,(H,21,25). The molecule has 0 spiro atoms. The van der Waals surface area contributed by atoms with E-state index in [0.717, 1.165) is 25.9 Å². The van der Waals surface area contributed by atoms with Crippen molar-refractivity contribution in [1.29, 1.82) is 0 Å². The number of benzene rings is 1. The van der Waals surface area contributed by atoms with Crippen LogP contribution in [-0.2, 0) is 14.4 Å². The SMILES string of the molecule is CC(=O)Nc1ccc(C2=C(N(C)C3CCN(C)CC3)C(=O)N(C)C2=O)cc1. The predicted molar refractivity (Wildman–Crippen MR) is 104 cm³/mol. The highest BCUT2D eigenvalue weighted by Crippen LogP contribution is 2.33. The second-order valence-corrected chi connectivity index (χ2v) is 7.30. The molecule has 2 heterocycles. The number of nitrogens with zero attached hydrogens (tertiary/aromatic N) is 3. The van der Waals surface area contributed by atoms with Crippen molar-refractivity contribution in [2.24, 2.45) is 0 Å². The predicted octanol–water partition coefficient (Wildman–Crippen LogP) is 1.38. The van der Waals surface area contributed by atoms with Gasteiger partial charge in [-0.05, 0) is 50.7 Å². The number of rotatable bonds is 4. The molecule has 1 N–H and O–H groups in total. The van der Waals surface area contributed by atoms with Crippen LogP contribution in [-0.4, -0.2) is 72.7 Å². The third kappa shape index (κ3) is 3.73. The van der Waals surface area contributed by atoms with Gasteiger partial charge in [0.25, 0.3) is 11.8 Å². The largest absolute Gasteiger partial charge is 0.366 e. The molecule has 0 aromatic heterocycles. The van der Waals surface area contributed by atoms with E-state index in [1.165, 1.54) is 18.9 Å². The Bertz CT molecular complexity index is 792. The summed E-state index contributed by atoms with van der Waals surface area (Å²) in [5.74, 6) is -0.707. The second kappa shape index (κ2) is 7.52. The van der Waals surface area contributed by atoms with Gasteiger partial charge in [0, 0.05) is 32.7 Å². The molecule has 2 aliphatic rings. The Hall–Kier alpha value is -2.67. The molecule has 144 valence electrons. The van der Waals surface area contributed by atoms with Crippen molar-refractivity contribution in [3.05, 3.63) is 35.5 Å². The van der Waals surface area contributed by atoms with E-state index in [4.69, 9.17) is 0 Å². The van der Waals surface area contributed by atoms with Crippen LogP contribution < -0.4 is 5.32 Å². The molecule has 7 heteroatoms. The van der Waals surface area contributed by atoms with Gasteiger partial charge in [-0.3, -0.25) is 19.3 Å². The molecule has 0 radical (unpaired) electrons. The lowest BCUT2D eigenvalue weighted by atomic mass is 10.00. The summed E-state index contributed by atoms with van der Waals surface area (Å²) in [6.07, 6.45) is 1.91. The lowest BCUT2D eigenvalue weighted by Gasteiger charge is -2.36. The summed E-state index contributed by atoms with van der Waals surface area (Å²) in [6, 6.07) is 7.26. The average molecular weight is 370 g/mol. The molecular formula is C20H26N4O3. The Balaban J connectivity index is 1.95. The average Bonchev–Trinajstić information content (AvgIpc) is 2.86. The van der Waals surface area contributed by atoms with Gasteiger partial charge in [-0.15, -0.1) is 0 Å². The smallest absolute Gasteiger partial charge is 0.277 e. The fraction of sp³-hybridized carbons (Fsp3) is 0.450. The van der Waals surface area contributed by atoms with Crippen LogP contribution in [0.5, 0.6) is 0 Å². The zero-order valence-electron chi connectivity index (χ0n) is 16.3. The molecule has 2 aliphatic heterocycles. The Kier molecular flexibility index (Phi) is 5.32. The topological polar surface area (TPSA) is 73.0 Å². The summed E-state index contributed by atoms with van der Waals surface area (Å²) in [5, 5.41) is 2.71. The van der Waals surface area contributed by atoms with Gasteiger partial charge in [0.05, 0.1) is 5.57 Å². The first-order valence-corrected chi connectivity index (χ1v) is 9.15. The molecule has 27 heavy (non-hydrogen) atoms. The Labute approximate surface area is 159 Å². The van der Waals surface area contributed by atoms with Crippen molar-refractivity contribution in [2.75, 3.05) is 39.5 Å². The molecule has 0 saturated carbocycles. The number of amides is 3. The summed E-state index contributed by atoms with van der Waals surface area (Å²) in [7, 11) is 5.52. The number of likely N-dealkylation sites (N-methyl/N-ethyl adjacent to an activating group) is 2. The van der Waals surface area contributed by atoms with Crippen LogP contribution in [0.2, 0.25) is 0 Å². The molecule has 0 bridgehead atoms. The number of carbonyl (C=O) groups is 3. The normalized spacial score (nSPS) is 19.0. The first kappa shape index (κ1) is 19.1. The van der Waals surface area contributed by atoms with E-state index in [1.54, 1.807) is 24.3 Å². The minimum atomic E-state index is -0.290. The Morgan fingerprint density at radius 1 is 1.07 bits per heavy atom. The maximum Gasteiger partial charge on any atom is 0.277 e. The first-order chi connectivity index (χ1) is 12.8. The van der Waals surface area contributed by atoms with E-state index in [0.29, 0.717) is 22.5 Å². The van der Waals surface area contributed by atoms with Crippen LogP contribution in [0.3, 0.4) is 0 Å². The molecule has 1 fully saturated rings. The van der Waals surface area contributed by atoms with Crippen molar-refractivity contribution >= 4 is 29.0 Å². The van der Waals surface area contributed by atoms with Crippen molar-refractivity contribution in [3.63, 3.8) is 0 Å². The number of hydrogen-bond acceptors (Lipinski definition) is 5. The monoisotopic (exact) mass is 370 g/mol. The number of hydrogen-bond donors (Lipinski definition) is 1. The lowest BCUT2D eigenvalue weighted by Crippen LogP contribution is -2.43. The molecule has 0 unspecified atom stereocenters. The van der Waals surface area contributed by atoms with E-state index < -0.39 is 0 Å². The van der Waals surface area contributed by atoms with Crippen molar-refractivity contribution in [2.45, 2.75) is 25.8 Å². The molecule has 0 atom stereocenters. The number of anilines is 1. The first-order valence-electron chi connectivity index (χ1n) is 9.15. The number of likely N-dealkylation sites (tertiary alicyclic amines) is 1. The summed E-state index contributed by atoms with van der Waals surface area (Å²) >= 11 is 0. The van der Waals surface area contributed by atoms with Crippen LogP contribution in [0.15, 0.2) is 30.0 Å². The summed E-state index contributed by atoms with van der Waals surface area (Å²) in [6.45, 7) is 3.39. The zero-order chi connectivity index (χ0) is 19.7. The summed E-state index contributed by atoms with van der Waals surface area (Å²) < 4.78 is 0. The number of carbonyl (C=O) groups excluding carboxylic acids is 3. The van der Waals surface area contributed by atoms with Crippen molar-refractivity contribution in [3.8, 4) is 0 Å². The maximum absolute atomic E-state index is 12.8. The molecular weight excluding hydrogens is 344 g/mol. The highest BCUT2D eigenvalue weighted by atomic mass is 16.2. The maximum atomic E-state index is 12.8. The zero-order valence-corrected chi connectivity index (χ0v) is 16.3. The highest BCUT2D eigenvalue weighted by Gasteiger charge is 2.40. The molecule has 1 aromatic carbocycles. The van der Waals surface area contributed by atoms with Crippen LogP contribution in [0.1, 0.15) is 25.3 Å². The van der Waals surface area contributed by atoms with Crippen molar-refractivity contribution in [1.82, 2.24) is 14.7 Å². The second-order valence-electron chi connectivity index (χ2n) is 7.30. The van der Waals surface area contributed by atoms with E-state index in [9.17, 15) is 14.4 Å². The van der Waals surface area contributed by atoms with Gasteiger partial charge >= 0.3 is 0 Å². The lowest BCUT2D eigenvalue weighted by molar-refractivity contribution is -0.136. The molecule has 7 nitrogen and oxygen atoms in total. The highest BCUT2D eigenvalue weighted by molar-refractivity contribution is 6.35. The van der Waals surface area contributed by atoms with Gasteiger partial charge < -0.3 is 15.1 Å². The van der Waals surface area contributed by atoms with Gasteiger partial charge in [0.2, 0.25) is 5.91 Å². The third-order valence-corrected chi connectivity index (χ3v) is 5.34. The molecule has 0 aliphatic carbocycles. The van der Waals surface area contributed by atoms with Gasteiger partial charge in [-0.1, -0.05) is 12.1 Å². The molecule has 3 amide bonds. The van der Waals surface area contributed by atoms with Gasteiger partial charge in [0.1, 0.15) is 5.70 Å². The Morgan fingerprint density at radius 2 is 1.67 bits per heavy atom. The number of piperidine rings is 1. The molecule has 1 saturated heterocycles. The Morgan fingerprint density at radius 3 is 2.22 bits per heavy atom. The van der Waals surface area contributed by atoms with Crippen LogP contribution >= 0.6 is 0 Å². The van der Waals surface area contributed by atoms with E-state index in [1.807, 2.05) is 11.9 Å². The quantitative estimate of drug-likeness (QED) is 0.811. The van der Waals surface area contributed by atoms with Crippen LogP contribution in [0.4, 0.5) is 5.69 Å². The third-order valence-electron chi connectivity index (χ3n) is 5.34. The van der Waals surface area contributed by atoms with Crippen LogP contribution in [0.25, 0.3) is 5.57 Å². The summed E-state index contributed by atoms with van der Waals surface area (Å²) in [4.78, 5) is 42.2. The van der Waals surface area contributed by atoms with Gasteiger partial charge in [0.15, 0.2) is 0 Å². The fourth-order valence-electron chi connectivity index (χ4n) is 3.70. The fourth-order valence-corrected chi connectivity index (χ4v) is 3.70. The van der Waals surface area contributed by atoms with E-state index >= 15 is 0 Å².